The molecule has 0 aromatic rings. The molecule has 90 valence electrons. The fourth-order valence-corrected chi connectivity index (χ4v) is 3.11. The first-order chi connectivity index (χ1) is 7.05. The minimum Gasteiger partial charge on any atom is -0.329 e. The molecule has 3 heteroatoms. The number of hydrogen-bond donors (Lipinski definition) is 1. The molecule has 0 bridgehead atoms. The summed E-state index contributed by atoms with van der Waals surface area (Å²) in [5.74, 6) is 0. The Labute approximate surface area is 94.6 Å². The molecular weight excluding hydrogens is 186 g/mol. The van der Waals surface area contributed by atoms with Crippen LogP contribution in [0.5, 0.6) is 0 Å². The lowest BCUT2D eigenvalue weighted by Crippen LogP contribution is -2.63. The highest BCUT2D eigenvalue weighted by Crippen LogP contribution is 2.27. The highest BCUT2D eigenvalue weighted by Gasteiger charge is 2.38. The molecule has 0 aromatic carbocycles. The molecular formula is C12H27N3. The number of hydrogen-bond acceptors (Lipinski definition) is 3. The summed E-state index contributed by atoms with van der Waals surface area (Å²) in [5, 5.41) is 0. The molecule has 3 nitrogen and oxygen atoms in total. The molecule has 1 unspecified atom stereocenters. The summed E-state index contributed by atoms with van der Waals surface area (Å²) in [5.41, 5.74) is 6.26. The van der Waals surface area contributed by atoms with Crippen molar-refractivity contribution in [1.82, 2.24) is 9.80 Å². The van der Waals surface area contributed by atoms with Gasteiger partial charge in [0, 0.05) is 24.7 Å². The van der Waals surface area contributed by atoms with E-state index in [9.17, 15) is 0 Å². The monoisotopic (exact) mass is 213 g/mol. The van der Waals surface area contributed by atoms with Gasteiger partial charge in [-0.15, -0.1) is 0 Å². The van der Waals surface area contributed by atoms with E-state index in [4.69, 9.17) is 5.73 Å². The molecule has 2 N–H and O–H groups in total. The van der Waals surface area contributed by atoms with Crippen molar-refractivity contribution in [2.45, 2.75) is 45.2 Å². The van der Waals surface area contributed by atoms with E-state index in [2.05, 4.69) is 37.6 Å². The van der Waals surface area contributed by atoms with Crippen LogP contribution in [0.15, 0.2) is 0 Å². The summed E-state index contributed by atoms with van der Waals surface area (Å²) >= 11 is 0. The second-order valence-corrected chi connectivity index (χ2v) is 5.15. The Hall–Kier alpha value is -0.120. The molecule has 0 aromatic heterocycles. The van der Waals surface area contributed by atoms with E-state index in [1.807, 2.05) is 0 Å². The van der Waals surface area contributed by atoms with Crippen molar-refractivity contribution in [3.8, 4) is 0 Å². The Bertz CT molecular complexity index is 193. The van der Waals surface area contributed by atoms with Crippen molar-refractivity contribution in [1.29, 1.82) is 0 Å². The van der Waals surface area contributed by atoms with Gasteiger partial charge in [-0.25, -0.2) is 0 Å². The zero-order valence-corrected chi connectivity index (χ0v) is 10.8. The SMILES string of the molecule is CCN(C(C)C)C1(CN)CCCN(C)C1. The molecule has 0 aliphatic carbocycles. The maximum Gasteiger partial charge on any atom is 0.0461 e. The Morgan fingerprint density at radius 3 is 2.53 bits per heavy atom. The third-order valence-corrected chi connectivity index (χ3v) is 3.70. The summed E-state index contributed by atoms with van der Waals surface area (Å²) < 4.78 is 0. The summed E-state index contributed by atoms with van der Waals surface area (Å²) in [6.45, 7) is 11.0. The molecule has 0 spiro atoms. The van der Waals surface area contributed by atoms with Gasteiger partial charge in [0.05, 0.1) is 0 Å². The molecule has 1 aliphatic rings. The van der Waals surface area contributed by atoms with Crippen molar-refractivity contribution in [3.63, 3.8) is 0 Å². The van der Waals surface area contributed by atoms with E-state index in [1.165, 1.54) is 19.4 Å². The van der Waals surface area contributed by atoms with Crippen molar-refractivity contribution in [2.24, 2.45) is 5.73 Å². The number of nitrogens with zero attached hydrogens (tertiary/aromatic N) is 2. The maximum atomic E-state index is 6.05. The van der Waals surface area contributed by atoms with Crippen LogP contribution in [0.1, 0.15) is 33.6 Å². The van der Waals surface area contributed by atoms with Crippen LogP contribution < -0.4 is 5.73 Å². The average Bonchev–Trinajstić information content (AvgIpc) is 2.18. The Morgan fingerprint density at radius 1 is 1.47 bits per heavy atom. The predicted octanol–water partition coefficient (Wildman–Crippen LogP) is 1.14. The number of likely N-dealkylation sites (tertiary alicyclic amines) is 1. The molecule has 0 radical (unpaired) electrons. The van der Waals surface area contributed by atoms with Gasteiger partial charge in [0.25, 0.3) is 0 Å². The fourth-order valence-electron chi connectivity index (χ4n) is 3.11. The van der Waals surface area contributed by atoms with Gasteiger partial charge in [0.15, 0.2) is 0 Å². The lowest BCUT2D eigenvalue weighted by molar-refractivity contribution is 0.00837. The van der Waals surface area contributed by atoms with Crippen LogP contribution in [0.3, 0.4) is 0 Å². The molecule has 1 saturated heterocycles. The minimum absolute atomic E-state index is 0.218. The molecule has 0 amide bonds. The number of piperidine rings is 1. The van der Waals surface area contributed by atoms with Crippen LogP contribution in [0, 0.1) is 0 Å². The second-order valence-electron chi connectivity index (χ2n) is 5.15. The quantitative estimate of drug-likeness (QED) is 0.760. The standard InChI is InChI=1S/C12H27N3/c1-5-15(11(2)3)12(9-13)7-6-8-14(4)10-12/h11H,5-10,13H2,1-4H3. The van der Waals surface area contributed by atoms with Crippen LogP contribution in [0.2, 0.25) is 0 Å². The van der Waals surface area contributed by atoms with Gasteiger partial charge in [-0.3, -0.25) is 4.90 Å². The Morgan fingerprint density at radius 2 is 2.13 bits per heavy atom. The molecule has 0 saturated carbocycles. The molecule has 1 rings (SSSR count). The lowest BCUT2D eigenvalue weighted by Gasteiger charge is -2.50. The van der Waals surface area contributed by atoms with Crippen molar-refractivity contribution in [3.05, 3.63) is 0 Å². The van der Waals surface area contributed by atoms with Crippen LogP contribution in [-0.2, 0) is 0 Å². The van der Waals surface area contributed by atoms with Gasteiger partial charge in [-0.1, -0.05) is 6.92 Å². The summed E-state index contributed by atoms with van der Waals surface area (Å²) in [4.78, 5) is 4.99. The second kappa shape index (κ2) is 5.28. The topological polar surface area (TPSA) is 32.5 Å². The zero-order valence-electron chi connectivity index (χ0n) is 10.8. The third-order valence-electron chi connectivity index (χ3n) is 3.70. The van der Waals surface area contributed by atoms with Gasteiger partial charge >= 0.3 is 0 Å². The Balaban J connectivity index is 2.81. The zero-order chi connectivity index (χ0) is 11.5. The molecule has 1 aliphatic heterocycles. The summed E-state index contributed by atoms with van der Waals surface area (Å²) in [6.07, 6.45) is 2.52. The van der Waals surface area contributed by atoms with Gasteiger partial charge in [0.1, 0.15) is 0 Å². The maximum absolute atomic E-state index is 6.05. The largest absolute Gasteiger partial charge is 0.329 e. The highest BCUT2D eigenvalue weighted by atomic mass is 15.3. The van der Waals surface area contributed by atoms with E-state index >= 15 is 0 Å². The van der Waals surface area contributed by atoms with Gasteiger partial charge in [-0.2, -0.15) is 0 Å². The van der Waals surface area contributed by atoms with E-state index in [-0.39, 0.29) is 5.54 Å². The molecule has 1 heterocycles. The van der Waals surface area contributed by atoms with Gasteiger partial charge < -0.3 is 10.6 Å². The predicted molar refractivity (Wildman–Crippen MR) is 66.0 cm³/mol. The van der Waals surface area contributed by atoms with E-state index in [1.54, 1.807) is 0 Å². The van der Waals surface area contributed by atoms with E-state index in [0.29, 0.717) is 6.04 Å². The molecule has 1 atom stereocenters. The van der Waals surface area contributed by atoms with Crippen molar-refractivity contribution >= 4 is 0 Å². The number of nitrogens with two attached hydrogens (primary N) is 1. The smallest absolute Gasteiger partial charge is 0.0461 e. The molecule has 15 heavy (non-hydrogen) atoms. The molecule has 1 fully saturated rings. The summed E-state index contributed by atoms with van der Waals surface area (Å²) in [6, 6.07) is 0.588. The first-order valence-electron chi connectivity index (χ1n) is 6.21. The first-order valence-corrected chi connectivity index (χ1v) is 6.21. The lowest BCUT2D eigenvalue weighted by atomic mass is 9.86. The van der Waals surface area contributed by atoms with Crippen LogP contribution in [0.25, 0.3) is 0 Å². The normalized spacial score (nSPS) is 29.0. The van der Waals surface area contributed by atoms with Gasteiger partial charge in [-0.05, 0) is 46.8 Å². The minimum atomic E-state index is 0.218. The highest BCUT2D eigenvalue weighted by molar-refractivity contribution is 4.97. The van der Waals surface area contributed by atoms with Gasteiger partial charge in [0.2, 0.25) is 0 Å². The fraction of sp³-hybridized carbons (Fsp3) is 1.00. The van der Waals surface area contributed by atoms with Crippen molar-refractivity contribution < 1.29 is 0 Å². The van der Waals surface area contributed by atoms with E-state index in [0.717, 1.165) is 19.6 Å². The number of rotatable bonds is 4. The first kappa shape index (κ1) is 12.9. The van der Waals surface area contributed by atoms with Crippen LogP contribution in [0.4, 0.5) is 0 Å². The third kappa shape index (κ3) is 2.71. The number of likely N-dealkylation sites (N-methyl/N-ethyl adjacent to an activating group) is 2. The van der Waals surface area contributed by atoms with Crippen LogP contribution in [-0.4, -0.2) is 54.6 Å². The van der Waals surface area contributed by atoms with Crippen LogP contribution >= 0.6 is 0 Å². The van der Waals surface area contributed by atoms with E-state index < -0.39 is 0 Å². The Kier molecular flexibility index (Phi) is 4.56. The van der Waals surface area contributed by atoms with Crippen molar-refractivity contribution in [2.75, 3.05) is 33.2 Å². The average molecular weight is 213 g/mol. The summed E-state index contributed by atoms with van der Waals surface area (Å²) in [7, 11) is 2.21.